The lowest BCUT2D eigenvalue weighted by Crippen LogP contribution is -2.51. The van der Waals surface area contributed by atoms with Crippen molar-refractivity contribution in [3.63, 3.8) is 0 Å². The van der Waals surface area contributed by atoms with E-state index in [2.05, 4.69) is 24.5 Å². The van der Waals surface area contributed by atoms with E-state index < -0.39 is 9.84 Å². The highest BCUT2D eigenvalue weighted by Gasteiger charge is 2.36. The van der Waals surface area contributed by atoms with E-state index in [9.17, 15) is 13.2 Å². The Hall–Kier alpha value is -0.620. The molecule has 1 aliphatic carbocycles. The fourth-order valence-corrected chi connectivity index (χ4v) is 4.19. The molecular formula is C13H26N2O3S. The van der Waals surface area contributed by atoms with Crippen LogP contribution in [-0.2, 0) is 14.6 Å². The third-order valence-electron chi connectivity index (χ3n) is 3.69. The van der Waals surface area contributed by atoms with Crippen molar-refractivity contribution >= 4 is 15.7 Å². The number of hydrogen-bond acceptors (Lipinski definition) is 4. The van der Waals surface area contributed by atoms with Gasteiger partial charge in [-0.1, -0.05) is 20.3 Å². The molecule has 0 aromatic carbocycles. The first-order chi connectivity index (χ1) is 8.75. The van der Waals surface area contributed by atoms with Gasteiger partial charge in [0.1, 0.15) is 0 Å². The summed E-state index contributed by atoms with van der Waals surface area (Å²) in [6.07, 6.45) is 4.42. The van der Waals surface area contributed by atoms with Crippen LogP contribution in [0.4, 0.5) is 0 Å². The number of carbonyl (C=O) groups is 1. The molecule has 3 atom stereocenters. The highest BCUT2D eigenvalue weighted by molar-refractivity contribution is 7.91. The summed E-state index contributed by atoms with van der Waals surface area (Å²) >= 11 is 0. The normalized spacial score (nSPS) is 25.5. The third-order valence-corrected chi connectivity index (χ3v) is 5.35. The average molecular weight is 290 g/mol. The zero-order chi connectivity index (χ0) is 14.6. The molecule has 1 fully saturated rings. The minimum Gasteiger partial charge on any atom is -0.358 e. The molecule has 0 radical (unpaired) electrons. The van der Waals surface area contributed by atoms with Gasteiger partial charge in [-0.2, -0.15) is 0 Å². The first-order valence-corrected chi connectivity index (χ1v) is 8.87. The molecule has 0 heterocycles. The van der Waals surface area contributed by atoms with Gasteiger partial charge in [-0.15, -0.1) is 0 Å². The summed E-state index contributed by atoms with van der Waals surface area (Å²) in [7, 11) is -1.44. The van der Waals surface area contributed by atoms with Gasteiger partial charge in [0, 0.05) is 19.3 Å². The highest BCUT2D eigenvalue weighted by atomic mass is 32.2. The smallest absolute Gasteiger partial charge is 0.236 e. The Morgan fingerprint density at radius 3 is 2.42 bits per heavy atom. The summed E-state index contributed by atoms with van der Waals surface area (Å²) in [6, 6.07) is -0.409. The molecule has 0 spiro atoms. The molecule has 1 rings (SSSR count). The van der Waals surface area contributed by atoms with E-state index >= 15 is 0 Å². The first kappa shape index (κ1) is 16.4. The van der Waals surface area contributed by atoms with Crippen LogP contribution >= 0.6 is 0 Å². The van der Waals surface area contributed by atoms with Crippen LogP contribution in [0.3, 0.4) is 0 Å². The number of hydrogen-bond donors (Lipinski definition) is 2. The molecular weight excluding hydrogens is 264 g/mol. The molecule has 2 N–H and O–H groups in total. The van der Waals surface area contributed by atoms with Crippen LogP contribution in [-0.4, -0.2) is 45.0 Å². The summed E-state index contributed by atoms with van der Waals surface area (Å²) in [6.45, 7) is 4.11. The molecule has 0 bridgehead atoms. The summed E-state index contributed by atoms with van der Waals surface area (Å²) in [5, 5.41) is 5.56. The van der Waals surface area contributed by atoms with Gasteiger partial charge in [0.2, 0.25) is 5.91 Å². The van der Waals surface area contributed by atoms with Gasteiger partial charge in [-0.3, -0.25) is 4.79 Å². The number of amides is 1. The van der Waals surface area contributed by atoms with Crippen LogP contribution in [0.15, 0.2) is 0 Å². The fraction of sp³-hybridized carbons (Fsp3) is 0.923. The molecule has 1 amide bonds. The van der Waals surface area contributed by atoms with Gasteiger partial charge in [-0.25, -0.2) is 8.42 Å². The average Bonchev–Trinajstić information content (AvgIpc) is 2.74. The Balaban J connectivity index is 2.75. The quantitative estimate of drug-likeness (QED) is 0.755. The lowest BCUT2D eigenvalue weighted by Gasteiger charge is -2.26. The molecule has 1 saturated carbocycles. The third kappa shape index (κ3) is 4.76. The van der Waals surface area contributed by atoms with Crippen LogP contribution in [0.1, 0.15) is 39.5 Å². The van der Waals surface area contributed by atoms with Crippen molar-refractivity contribution in [2.24, 2.45) is 5.92 Å². The second-order valence-corrected chi connectivity index (χ2v) is 8.13. The molecule has 3 unspecified atom stereocenters. The zero-order valence-electron chi connectivity index (χ0n) is 12.3. The van der Waals surface area contributed by atoms with Gasteiger partial charge >= 0.3 is 0 Å². The Bertz CT molecular complexity index is 406. The second kappa shape index (κ2) is 6.70. The van der Waals surface area contributed by atoms with Crippen molar-refractivity contribution in [1.82, 2.24) is 10.6 Å². The number of nitrogens with one attached hydrogen (secondary N) is 2. The zero-order valence-corrected chi connectivity index (χ0v) is 13.1. The summed E-state index contributed by atoms with van der Waals surface area (Å²) in [5.74, 6) is 0.320. The summed E-state index contributed by atoms with van der Waals surface area (Å²) < 4.78 is 23.5. The first-order valence-electron chi connectivity index (χ1n) is 6.92. The van der Waals surface area contributed by atoms with Crippen molar-refractivity contribution < 1.29 is 13.2 Å². The Morgan fingerprint density at radius 2 is 1.95 bits per heavy atom. The monoisotopic (exact) mass is 290 g/mol. The Kier molecular flexibility index (Phi) is 5.80. The molecule has 6 heteroatoms. The predicted molar refractivity (Wildman–Crippen MR) is 76.7 cm³/mol. The largest absolute Gasteiger partial charge is 0.358 e. The number of carbonyl (C=O) groups excluding carboxylic acids is 1. The van der Waals surface area contributed by atoms with Gasteiger partial charge in [-0.05, 0) is 25.2 Å². The van der Waals surface area contributed by atoms with E-state index in [1.807, 2.05) is 0 Å². The molecule has 0 aromatic heterocycles. The fourth-order valence-electron chi connectivity index (χ4n) is 2.78. The van der Waals surface area contributed by atoms with E-state index in [-0.39, 0.29) is 23.2 Å². The lowest BCUT2D eigenvalue weighted by atomic mass is 10.0. The second-order valence-electron chi connectivity index (χ2n) is 5.87. The van der Waals surface area contributed by atoms with E-state index in [0.29, 0.717) is 18.8 Å². The summed E-state index contributed by atoms with van der Waals surface area (Å²) in [5.41, 5.74) is 0. The standard InChI is InChI=1S/C13H26N2O3S/c1-9(2)8-11(13(16)14-3)15-10-6-5-7-12(10)19(4,17)18/h9-12,15H,5-8H2,1-4H3,(H,14,16). The van der Waals surface area contributed by atoms with Crippen molar-refractivity contribution in [3.8, 4) is 0 Å². The molecule has 112 valence electrons. The van der Waals surface area contributed by atoms with E-state index in [1.54, 1.807) is 7.05 Å². The lowest BCUT2D eigenvalue weighted by molar-refractivity contribution is -0.123. The maximum Gasteiger partial charge on any atom is 0.236 e. The maximum absolute atomic E-state index is 11.9. The van der Waals surface area contributed by atoms with E-state index in [1.165, 1.54) is 6.26 Å². The molecule has 0 aromatic rings. The molecule has 1 aliphatic rings. The minimum atomic E-state index is -3.05. The predicted octanol–water partition coefficient (Wildman–Crippen LogP) is 0.702. The number of sulfone groups is 1. The van der Waals surface area contributed by atoms with Gasteiger partial charge in [0.05, 0.1) is 11.3 Å². The van der Waals surface area contributed by atoms with E-state index in [0.717, 1.165) is 12.8 Å². The van der Waals surface area contributed by atoms with Crippen LogP contribution in [0.5, 0.6) is 0 Å². The number of likely N-dealkylation sites (N-methyl/N-ethyl adjacent to an activating group) is 1. The van der Waals surface area contributed by atoms with Gasteiger partial charge < -0.3 is 10.6 Å². The maximum atomic E-state index is 11.9. The number of rotatable bonds is 6. The topological polar surface area (TPSA) is 75.3 Å². The van der Waals surface area contributed by atoms with Crippen LogP contribution < -0.4 is 10.6 Å². The van der Waals surface area contributed by atoms with Crippen molar-refractivity contribution in [2.45, 2.75) is 56.9 Å². The van der Waals surface area contributed by atoms with Gasteiger partial charge in [0.15, 0.2) is 9.84 Å². The SMILES string of the molecule is CNC(=O)C(CC(C)C)NC1CCCC1S(C)(=O)=O. The Morgan fingerprint density at radius 1 is 1.32 bits per heavy atom. The minimum absolute atomic E-state index is 0.0622. The molecule has 19 heavy (non-hydrogen) atoms. The highest BCUT2D eigenvalue weighted by Crippen LogP contribution is 2.26. The van der Waals surface area contributed by atoms with Crippen LogP contribution in [0, 0.1) is 5.92 Å². The summed E-state index contributed by atoms with van der Waals surface area (Å²) in [4.78, 5) is 11.9. The molecule has 0 saturated heterocycles. The van der Waals surface area contributed by atoms with Crippen molar-refractivity contribution in [2.75, 3.05) is 13.3 Å². The van der Waals surface area contributed by atoms with Crippen molar-refractivity contribution in [3.05, 3.63) is 0 Å². The van der Waals surface area contributed by atoms with Crippen LogP contribution in [0.2, 0.25) is 0 Å². The molecule has 0 aliphatic heterocycles. The Labute approximate surface area is 116 Å². The van der Waals surface area contributed by atoms with Crippen molar-refractivity contribution in [1.29, 1.82) is 0 Å². The van der Waals surface area contributed by atoms with Crippen LogP contribution in [0.25, 0.3) is 0 Å². The van der Waals surface area contributed by atoms with Gasteiger partial charge in [0.25, 0.3) is 0 Å². The molecule has 5 nitrogen and oxygen atoms in total. The van der Waals surface area contributed by atoms with E-state index in [4.69, 9.17) is 0 Å².